The van der Waals surface area contributed by atoms with Crippen LogP contribution < -0.4 is 0 Å². The second-order valence-electron chi connectivity index (χ2n) is 6.91. The molecular weight excluding hydrogens is 332 g/mol. The fourth-order valence-electron chi connectivity index (χ4n) is 3.52. The quantitative estimate of drug-likeness (QED) is 0.448. The summed E-state index contributed by atoms with van der Waals surface area (Å²) in [6.07, 6.45) is 10.6. The number of Topliss-reactive ketones (excluding diaryl/α,β-unsaturated/α-hetero) is 1. The Labute approximate surface area is 153 Å². The smallest absolute Gasteiger partial charge is 0.343 e. The lowest BCUT2D eigenvalue weighted by Crippen LogP contribution is -2.45. The average molecular weight is 356 g/mol. The van der Waals surface area contributed by atoms with E-state index < -0.39 is 17.7 Å². The lowest BCUT2D eigenvalue weighted by Gasteiger charge is -2.37. The Hall–Kier alpha value is -2.40. The number of ether oxygens (including phenoxy) is 2. The molecule has 2 heterocycles. The topological polar surface area (TPSA) is 72.8 Å². The second kappa shape index (κ2) is 7.08. The third-order valence-corrected chi connectivity index (χ3v) is 5.00. The number of aliphatic hydroxyl groups is 1. The van der Waals surface area contributed by atoms with E-state index in [0.29, 0.717) is 23.3 Å². The number of rotatable bonds is 6. The van der Waals surface area contributed by atoms with E-state index in [4.69, 9.17) is 9.47 Å². The molecule has 0 aromatic heterocycles. The summed E-state index contributed by atoms with van der Waals surface area (Å²) in [5.74, 6) is -0.249. The lowest BCUT2D eigenvalue weighted by molar-refractivity contribution is -0.152. The number of hydrogen-bond acceptors (Lipinski definition) is 5. The highest BCUT2D eigenvalue weighted by molar-refractivity contribution is 6.20. The summed E-state index contributed by atoms with van der Waals surface area (Å²) < 4.78 is 11.0. The zero-order valence-electron chi connectivity index (χ0n) is 15.4. The predicted octanol–water partition coefficient (Wildman–Crippen LogP) is 3.42. The number of fused-ring (bicyclic) bond motifs is 2. The fourth-order valence-corrected chi connectivity index (χ4v) is 3.52. The van der Waals surface area contributed by atoms with Crippen molar-refractivity contribution >= 4 is 11.8 Å². The molecule has 3 rings (SSSR count). The van der Waals surface area contributed by atoms with Gasteiger partial charge < -0.3 is 14.6 Å². The maximum absolute atomic E-state index is 12.6. The van der Waals surface area contributed by atoms with E-state index in [0.717, 1.165) is 24.8 Å². The number of esters is 1. The summed E-state index contributed by atoms with van der Waals surface area (Å²) in [4.78, 5) is 25.0. The number of ketones is 1. The van der Waals surface area contributed by atoms with Crippen LogP contribution in [0.5, 0.6) is 0 Å². The van der Waals surface area contributed by atoms with Crippen LogP contribution in [0.15, 0.2) is 58.6 Å². The molecule has 2 atom stereocenters. The molecular formula is C21H24O5. The molecule has 0 aromatic carbocycles. The first-order chi connectivity index (χ1) is 12.4. The van der Waals surface area contributed by atoms with E-state index in [1.807, 2.05) is 13.0 Å². The number of unbranched alkanes of at least 4 members (excludes halogenated alkanes) is 2. The van der Waals surface area contributed by atoms with Gasteiger partial charge in [0, 0.05) is 17.6 Å². The van der Waals surface area contributed by atoms with Crippen LogP contribution in [-0.2, 0) is 19.1 Å². The molecule has 3 aliphatic rings. The van der Waals surface area contributed by atoms with Gasteiger partial charge in [-0.05, 0) is 44.1 Å². The van der Waals surface area contributed by atoms with Gasteiger partial charge in [-0.3, -0.25) is 4.79 Å². The highest BCUT2D eigenvalue weighted by atomic mass is 16.6. The van der Waals surface area contributed by atoms with E-state index in [2.05, 4.69) is 6.92 Å². The van der Waals surface area contributed by atoms with E-state index in [-0.39, 0.29) is 11.4 Å². The molecule has 0 amide bonds. The van der Waals surface area contributed by atoms with Gasteiger partial charge in [0.05, 0.1) is 6.26 Å². The first kappa shape index (κ1) is 18.4. The summed E-state index contributed by atoms with van der Waals surface area (Å²) in [7, 11) is 0. The van der Waals surface area contributed by atoms with E-state index in [1.54, 1.807) is 25.2 Å². The van der Waals surface area contributed by atoms with Crippen LogP contribution in [0.25, 0.3) is 0 Å². The van der Waals surface area contributed by atoms with Gasteiger partial charge in [-0.2, -0.15) is 0 Å². The first-order valence-electron chi connectivity index (χ1n) is 9.05. The molecule has 0 fully saturated rings. The minimum absolute atomic E-state index is 0.0710. The molecule has 0 bridgehead atoms. The SMILES string of the molecule is CC=CC1=CC2=CC3=C(C(=O)CCCCC)C(=O)O[C@@]3(C)[C@@H](O)C2=CO1. The molecule has 0 spiro atoms. The Morgan fingerprint density at radius 2 is 2.12 bits per heavy atom. The Bertz CT molecular complexity index is 793. The van der Waals surface area contributed by atoms with Crippen LogP contribution >= 0.6 is 0 Å². The van der Waals surface area contributed by atoms with Gasteiger partial charge in [-0.15, -0.1) is 0 Å². The second-order valence-corrected chi connectivity index (χ2v) is 6.91. The Kier molecular flexibility index (Phi) is 5.01. The summed E-state index contributed by atoms with van der Waals surface area (Å²) in [6.45, 7) is 5.57. The average Bonchev–Trinajstić information content (AvgIpc) is 2.86. The van der Waals surface area contributed by atoms with Gasteiger partial charge in [0.25, 0.3) is 0 Å². The summed E-state index contributed by atoms with van der Waals surface area (Å²) >= 11 is 0. The Morgan fingerprint density at radius 3 is 2.81 bits per heavy atom. The van der Waals surface area contributed by atoms with E-state index in [1.165, 1.54) is 6.26 Å². The van der Waals surface area contributed by atoms with Gasteiger partial charge in [-0.25, -0.2) is 4.79 Å². The van der Waals surface area contributed by atoms with Crippen molar-refractivity contribution in [2.24, 2.45) is 0 Å². The Morgan fingerprint density at radius 1 is 1.35 bits per heavy atom. The molecule has 0 radical (unpaired) electrons. The fraction of sp³-hybridized carbons (Fsp3) is 0.429. The monoisotopic (exact) mass is 356 g/mol. The molecule has 0 saturated carbocycles. The molecule has 1 N–H and O–H groups in total. The van der Waals surface area contributed by atoms with Gasteiger partial charge in [0.2, 0.25) is 0 Å². The largest absolute Gasteiger partial charge is 0.465 e. The van der Waals surface area contributed by atoms with Crippen molar-refractivity contribution in [3.05, 3.63) is 58.6 Å². The minimum Gasteiger partial charge on any atom is -0.465 e. The number of carbonyl (C=O) groups excluding carboxylic acids is 2. The highest BCUT2D eigenvalue weighted by Crippen LogP contribution is 2.46. The molecule has 0 unspecified atom stereocenters. The van der Waals surface area contributed by atoms with Crippen molar-refractivity contribution < 1.29 is 24.2 Å². The maximum Gasteiger partial charge on any atom is 0.343 e. The van der Waals surface area contributed by atoms with Crippen molar-refractivity contribution in [1.82, 2.24) is 0 Å². The van der Waals surface area contributed by atoms with Crippen molar-refractivity contribution in [3.63, 3.8) is 0 Å². The predicted molar refractivity (Wildman–Crippen MR) is 96.8 cm³/mol. The maximum atomic E-state index is 12.6. The number of hydrogen-bond donors (Lipinski definition) is 1. The van der Waals surface area contributed by atoms with E-state index in [9.17, 15) is 14.7 Å². The molecule has 2 aliphatic heterocycles. The van der Waals surface area contributed by atoms with Crippen LogP contribution in [0.4, 0.5) is 0 Å². The van der Waals surface area contributed by atoms with Crippen LogP contribution in [0.2, 0.25) is 0 Å². The molecule has 0 saturated heterocycles. The number of aliphatic hydroxyl groups excluding tert-OH is 1. The third kappa shape index (κ3) is 2.97. The summed E-state index contributed by atoms with van der Waals surface area (Å²) in [5.41, 5.74) is 0.527. The van der Waals surface area contributed by atoms with Crippen molar-refractivity contribution in [2.75, 3.05) is 0 Å². The molecule has 1 aliphatic carbocycles. The molecule has 5 heteroatoms. The normalized spacial score (nSPS) is 27.3. The highest BCUT2D eigenvalue weighted by Gasteiger charge is 2.53. The molecule has 26 heavy (non-hydrogen) atoms. The van der Waals surface area contributed by atoms with E-state index >= 15 is 0 Å². The van der Waals surface area contributed by atoms with Crippen LogP contribution in [0, 0.1) is 0 Å². The zero-order chi connectivity index (χ0) is 18.9. The van der Waals surface area contributed by atoms with Gasteiger partial charge >= 0.3 is 5.97 Å². The minimum atomic E-state index is -1.27. The van der Waals surface area contributed by atoms with Crippen LogP contribution in [-0.4, -0.2) is 28.6 Å². The molecule has 0 aromatic rings. The first-order valence-corrected chi connectivity index (χ1v) is 9.05. The van der Waals surface area contributed by atoms with Crippen molar-refractivity contribution in [1.29, 1.82) is 0 Å². The van der Waals surface area contributed by atoms with Gasteiger partial charge in [0.1, 0.15) is 17.4 Å². The standard InChI is InChI=1S/C21H24O5/c1-4-6-7-9-17(22)18-16-11-13-10-14(8-5-2)25-12-15(13)19(23)21(16,3)26-20(18)24/h5,8,10-12,19,23H,4,6-7,9H2,1-3H3/t19-,21+/m0/s1. The Balaban J connectivity index is 2.05. The molecule has 138 valence electrons. The van der Waals surface area contributed by atoms with Gasteiger partial charge in [-0.1, -0.05) is 25.8 Å². The third-order valence-electron chi connectivity index (χ3n) is 5.00. The van der Waals surface area contributed by atoms with Crippen LogP contribution in [0.3, 0.4) is 0 Å². The zero-order valence-corrected chi connectivity index (χ0v) is 15.4. The van der Waals surface area contributed by atoms with Crippen LogP contribution in [0.1, 0.15) is 46.5 Å². The summed E-state index contributed by atoms with van der Waals surface area (Å²) in [5, 5.41) is 10.8. The number of carbonyl (C=O) groups is 2. The van der Waals surface area contributed by atoms with Gasteiger partial charge in [0.15, 0.2) is 11.4 Å². The number of allylic oxidation sites excluding steroid dienone is 3. The van der Waals surface area contributed by atoms with Crippen molar-refractivity contribution in [3.8, 4) is 0 Å². The van der Waals surface area contributed by atoms with Crippen molar-refractivity contribution in [2.45, 2.75) is 58.2 Å². The molecule has 5 nitrogen and oxygen atoms in total. The summed E-state index contributed by atoms with van der Waals surface area (Å²) in [6, 6.07) is 0. The lowest BCUT2D eigenvalue weighted by atomic mass is 9.75.